The van der Waals surface area contributed by atoms with Crippen molar-refractivity contribution in [3.63, 3.8) is 0 Å². The van der Waals surface area contributed by atoms with Crippen LogP contribution in [0.1, 0.15) is 38.1 Å². The molecule has 1 saturated carbocycles. The van der Waals surface area contributed by atoms with Crippen molar-refractivity contribution in [3.8, 4) is 0 Å². The minimum Gasteiger partial charge on any atom is -0.324 e. The summed E-state index contributed by atoms with van der Waals surface area (Å²) >= 11 is 0. The number of imidazole rings is 1. The number of benzene rings is 2. The summed E-state index contributed by atoms with van der Waals surface area (Å²) in [7, 11) is 0. The summed E-state index contributed by atoms with van der Waals surface area (Å²) in [6, 6.07) is 13.1. The standard InChI is InChI=1S/C22H21FN4O2/c23-15-9-3-4-10-16(15)24-20(28)13-19-21(29)26(14-7-1-2-8-14)22-25-17-11-5-6-12-18(17)27(19)22/h3-6,9-12,14,19H,1-2,7-8,13H2,(H,24,28)/t19-/m1/s1. The van der Waals surface area contributed by atoms with Crippen LogP contribution in [0.15, 0.2) is 48.5 Å². The molecular weight excluding hydrogens is 371 g/mol. The minimum atomic E-state index is -0.676. The van der Waals surface area contributed by atoms with Gasteiger partial charge in [-0.2, -0.15) is 0 Å². The number of amides is 2. The zero-order valence-corrected chi connectivity index (χ0v) is 15.8. The number of halogens is 1. The Hall–Kier alpha value is -3.22. The van der Waals surface area contributed by atoms with E-state index in [1.165, 1.54) is 12.1 Å². The summed E-state index contributed by atoms with van der Waals surface area (Å²) in [6.45, 7) is 0. The van der Waals surface area contributed by atoms with Crippen LogP contribution in [0.4, 0.5) is 16.0 Å². The Morgan fingerprint density at radius 2 is 1.83 bits per heavy atom. The molecule has 1 aliphatic carbocycles. The monoisotopic (exact) mass is 392 g/mol. The normalized spacial score (nSPS) is 19.1. The van der Waals surface area contributed by atoms with Gasteiger partial charge in [0.1, 0.15) is 11.9 Å². The van der Waals surface area contributed by atoms with E-state index in [0.717, 1.165) is 36.7 Å². The highest BCUT2D eigenvalue weighted by Gasteiger charge is 2.44. The van der Waals surface area contributed by atoms with Gasteiger partial charge in [-0.1, -0.05) is 37.1 Å². The van der Waals surface area contributed by atoms with Gasteiger partial charge in [0.15, 0.2) is 0 Å². The summed E-state index contributed by atoms with van der Waals surface area (Å²) in [4.78, 5) is 32.5. The summed E-state index contributed by atoms with van der Waals surface area (Å²) in [5.74, 6) is -0.383. The van der Waals surface area contributed by atoms with Crippen LogP contribution in [0.3, 0.4) is 0 Å². The zero-order valence-electron chi connectivity index (χ0n) is 15.8. The van der Waals surface area contributed by atoms with E-state index in [2.05, 4.69) is 5.32 Å². The van der Waals surface area contributed by atoms with E-state index in [1.54, 1.807) is 17.0 Å². The van der Waals surface area contributed by atoms with Crippen molar-refractivity contribution in [2.45, 2.75) is 44.2 Å². The lowest BCUT2D eigenvalue weighted by Gasteiger charge is -2.22. The summed E-state index contributed by atoms with van der Waals surface area (Å²) in [5.41, 5.74) is 1.75. The van der Waals surface area contributed by atoms with E-state index < -0.39 is 17.8 Å². The molecule has 0 bridgehead atoms. The zero-order chi connectivity index (χ0) is 20.0. The summed E-state index contributed by atoms with van der Waals surface area (Å²) in [6.07, 6.45) is 4.01. The molecule has 1 atom stereocenters. The average Bonchev–Trinajstić information content (AvgIpc) is 3.41. The summed E-state index contributed by atoms with van der Waals surface area (Å²) < 4.78 is 15.8. The molecule has 0 unspecified atom stereocenters. The molecule has 1 fully saturated rings. The van der Waals surface area contributed by atoms with Crippen LogP contribution in [-0.2, 0) is 9.59 Å². The van der Waals surface area contributed by atoms with Crippen LogP contribution in [0, 0.1) is 5.82 Å². The Labute approximate surface area is 167 Å². The SMILES string of the molecule is O=C(C[C@@H]1C(=O)N(C2CCCC2)c2nc3ccccc3n21)Nc1ccccc1F. The number of rotatable bonds is 4. The van der Waals surface area contributed by atoms with Gasteiger partial charge in [0.25, 0.3) is 5.91 Å². The fraction of sp³-hybridized carbons (Fsp3) is 0.318. The van der Waals surface area contributed by atoms with Crippen molar-refractivity contribution >= 4 is 34.5 Å². The quantitative estimate of drug-likeness (QED) is 0.729. The predicted octanol–water partition coefficient (Wildman–Crippen LogP) is 4.03. The molecule has 1 N–H and O–H groups in total. The smallest absolute Gasteiger partial charge is 0.253 e. The molecule has 0 saturated heterocycles. The van der Waals surface area contributed by atoms with E-state index in [1.807, 2.05) is 28.8 Å². The average molecular weight is 392 g/mol. The van der Waals surface area contributed by atoms with Crippen molar-refractivity contribution in [2.75, 3.05) is 10.2 Å². The largest absolute Gasteiger partial charge is 0.324 e. The Morgan fingerprint density at radius 3 is 2.62 bits per heavy atom. The third kappa shape index (κ3) is 2.97. The number of carbonyl (C=O) groups is 2. The maximum absolute atomic E-state index is 13.9. The fourth-order valence-electron chi connectivity index (χ4n) is 4.50. The topological polar surface area (TPSA) is 67.2 Å². The Kier molecular flexibility index (Phi) is 4.30. The van der Waals surface area contributed by atoms with Crippen LogP contribution >= 0.6 is 0 Å². The van der Waals surface area contributed by atoms with Gasteiger partial charge in [-0.3, -0.25) is 19.1 Å². The minimum absolute atomic E-state index is 0.0657. The third-order valence-electron chi connectivity index (χ3n) is 5.84. The second kappa shape index (κ2) is 6.99. The lowest BCUT2D eigenvalue weighted by atomic mass is 10.1. The molecule has 29 heavy (non-hydrogen) atoms. The molecule has 5 rings (SSSR count). The van der Waals surface area contributed by atoms with Crippen LogP contribution in [0.5, 0.6) is 0 Å². The first-order valence-electron chi connectivity index (χ1n) is 9.98. The molecule has 1 aliphatic heterocycles. The van der Waals surface area contributed by atoms with Gasteiger partial charge >= 0.3 is 0 Å². The first-order chi connectivity index (χ1) is 14.1. The molecule has 7 heteroatoms. The molecule has 0 spiro atoms. The molecule has 2 aromatic carbocycles. The van der Waals surface area contributed by atoms with Crippen LogP contribution in [0.2, 0.25) is 0 Å². The first-order valence-corrected chi connectivity index (χ1v) is 9.98. The van der Waals surface area contributed by atoms with Crippen LogP contribution in [0.25, 0.3) is 11.0 Å². The number of nitrogens with zero attached hydrogens (tertiary/aromatic N) is 3. The van der Waals surface area contributed by atoms with E-state index in [9.17, 15) is 14.0 Å². The second-order valence-electron chi connectivity index (χ2n) is 7.66. The number of carbonyl (C=O) groups excluding carboxylic acids is 2. The lowest BCUT2D eigenvalue weighted by Crippen LogP contribution is -2.38. The highest BCUT2D eigenvalue weighted by molar-refractivity contribution is 6.05. The number of anilines is 2. The van der Waals surface area contributed by atoms with Crippen molar-refractivity contribution in [3.05, 3.63) is 54.3 Å². The highest BCUT2D eigenvalue weighted by atomic mass is 19.1. The van der Waals surface area contributed by atoms with E-state index >= 15 is 0 Å². The van der Waals surface area contributed by atoms with Crippen LogP contribution < -0.4 is 10.2 Å². The predicted molar refractivity (Wildman–Crippen MR) is 108 cm³/mol. The van der Waals surface area contributed by atoms with Gasteiger partial charge in [0.05, 0.1) is 23.1 Å². The third-order valence-corrected chi connectivity index (χ3v) is 5.84. The number of fused-ring (bicyclic) bond motifs is 3. The van der Waals surface area contributed by atoms with Gasteiger partial charge in [-0.05, 0) is 37.1 Å². The van der Waals surface area contributed by atoms with E-state index in [0.29, 0.717) is 5.95 Å². The van der Waals surface area contributed by atoms with Gasteiger partial charge in [0.2, 0.25) is 11.9 Å². The van der Waals surface area contributed by atoms with Crippen molar-refractivity contribution in [1.82, 2.24) is 9.55 Å². The maximum Gasteiger partial charge on any atom is 0.253 e. The molecule has 1 aromatic heterocycles. The van der Waals surface area contributed by atoms with Crippen molar-refractivity contribution in [2.24, 2.45) is 0 Å². The number of hydrogen-bond acceptors (Lipinski definition) is 3. The van der Waals surface area contributed by atoms with Gasteiger partial charge < -0.3 is 5.32 Å². The van der Waals surface area contributed by atoms with Gasteiger partial charge in [-0.15, -0.1) is 0 Å². The van der Waals surface area contributed by atoms with Crippen molar-refractivity contribution < 1.29 is 14.0 Å². The van der Waals surface area contributed by atoms with E-state index in [4.69, 9.17) is 4.98 Å². The summed E-state index contributed by atoms with van der Waals surface area (Å²) in [5, 5.41) is 2.59. The van der Waals surface area contributed by atoms with E-state index in [-0.39, 0.29) is 24.1 Å². The molecule has 2 heterocycles. The highest BCUT2D eigenvalue weighted by Crippen LogP contribution is 2.40. The Bertz CT molecular complexity index is 1100. The van der Waals surface area contributed by atoms with Crippen LogP contribution in [-0.4, -0.2) is 27.4 Å². The lowest BCUT2D eigenvalue weighted by molar-refractivity contribution is -0.125. The Morgan fingerprint density at radius 1 is 1.10 bits per heavy atom. The molecule has 148 valence electrons. The number of hydrogen-bond donors (Lipinski definition) is 1. The van der Waals surface area contributed by atoms with Gasteiger partial charge in [0, 0.05) is 6.04 Å². The second-order valence-corrected chi connectivity index (χ2v) is 7.66. The van der Waals surface area contributed by atoms with Gasteiger partial charge in [-0.25, -0.2) is 9.37 Å². The van der Waals surface area contributed by atoms with Crippen molar-refractivity contribution in [1.29, 1.82) is 0 Å². The first kappa shape index (κ1) is 17.8. The molecule has 3 aromatic rings. The number of para-hydroxylation sites is 3. The Balaban J connectivity index is 1.49. The molecule has 2 aliphatic rings. The number of nitrogens with one attached hydrogen (secondary N) is 1. The molecular formula is C22H21FN4O2. The maximum atomic E-state index is 13.9. The number of aromatic nitrogens is 2. The molecule has 2 amide bonds. The molecule has 6 nitrogen and oxygen atoms in total. The molecule has 0 radical (unpaired) electrons. The fourth-order valence-corrected chi connectivity index (χ4v) is 4.50.